The molecule has 4 saturated carbocycles. The third-order valence-electron chi connectivity index (χ3n) is 10.4. The molecule has 2 heterocycles. The van der Waals surface area contributed by atoms with Crippen molar-refractivity contribution in [3.05, 3.63) is 77.0 Å². The summed E-state index contributed by atoms with van der Waals surface area (Å²) in [6.07, 6.45) is 5.24. The fraction of sp³-hybridized carbons (Fsp3) is 0.469. The molecule has 0 N–H and O–H groups in total. The van der Waals surface area contributed by atoms with Crippen LogP contribution >= 0.6 is 0 Å². The molecule has 3 atom stereocenters. The summed E-state index contributed by atoms with van der Waals surface area (Å²) in [7, 11) is 0. The van der Waals surface area contributed by atoms with Crippen LogP contribution in [-0.4, -0.2) is 16.7 Å². The molecule has 4 aliphatic carbocycles. The number of ketones is 1. The first kappa shape index (κ1) is 24.5. The summed E-state index contributed by atoms with van der Waals surface area (Å²) < 4.78 is 40.3. The summed E-state index contributed by atoms with van der Waals surface area (Å²) in [5, 5.41) is 21.4. The maximum absolute atomic E-state index is 14.9. The molecule has 39 heavy (non-hydrogen) atoms. The highest BCUT2D eigenvalue weighted by atomic mass is 19.4. The van der Waals surface area contributed by atoms with E-state index >= 15 is 0 Å². The number of halogens is 3. The van der Waals surface area contributed by atoms with E-state index in [0.29, 0.717) is 23.3 Å². The quantitative estimate of drug-likeness (QED) is 0.430. The minimum Gasteiger partial charge on any atom is -0.357 e. The largest absolute Gasteiger partial charge is 0.416 e. The van der Waals surface area contributed by atoms with Crippen LogP contribution in [0.1, 0.15) is 72.7 Å². The molecule has 198 valence electrons. The Morgan fingerprint density at radius 1 is 0.897 bits per heavy atom. The predicted molar refractivity (Wildman–Crippen MR) is 137 cm³/mol. The van der Waals surface area contributed by atoms with Crippen molar-refractivity contribution in [3.8, 4) is 12.1 Å². The van der Waals surface area contributed by atoms with Crippen LogP contribution in [0, 0.1) is 51.2 Å². The van der Waals surface area contributed by atoms with E-state index in [1.54, 1.807) is 0 Å². The van der Waals surface area contributed by atoms with Crippen molar-refractivity contribution < 1.29 is 18.0 Å². The maximum Gasteiger partial charge on any atom is 0.416 e. The second-order valence-corrected chi connectivity index (χ2v) is 12.5. The molecule has 6 aliphatic rings. The lowest BCUT2D eigenvalue weighted by molar-refractivity contribution is -0.148. The van der Waals surface area contributed by atoms with Crippen molar-refractivity contribution in [1.29, 1.82) is 10.5 Å². The van der Waals surface area contributed by atoms with E-state index in [1.807, 2.05) is 41.4 Å². The molecule has 2 aromatic rings. The van der Waals surface area contributed by atoms with Crippen LogP contribution in [-0.2, 0) is 11.0 Å². The van der Waals surface area contributed by atoms with Crippen LogP contribution < -0.4 is 0 Å². The normalized spacial score (nSPS) is 35.2. The fourth-order valence-corrected chi connectivity index (χ4v) is 9.27. The average molecular weight is 528 g/mol. The Labute approximate surface area is 225 Å². The van der Waals surface area contributed by atoms with Crippen molar-refractivity contribution in [2.24, 2.45) is 28.6 Å². The molecular weight excluding hydrogens is 499 g/mol. The highest BCUT2D eigenvalue weighted by Crippen LogP contribution is 2.65. The Hall–Kier alpha value is -3.58. The SMILES string of the molecule is N#CC1(C#N)C(c2ccc(C(F)(F)F)cc2)C(C(=O)C23CC4CC(CC(C4)C2)C3)N2C=Cc3ccccc3C21. The minimum absolute atomic E-state index is 0.0629. The van der Waals surface area contributed by atoms with Crippen molar-refractivity contribution >= 4 is 11.9 Å². The number of fused-ring (bicyclic) bond motifs is 3. The van der Waals surface area contributed by atoms with Crippen LogP contribution in [0.5, 0.6) is 0 Å². The third-order valence-corrected chi connectivity index (χ3v) is 10.4. The van der Waals surface area contributed by atoms with Gasteiger partial charge in [0.2, 0.25) is 0 Å². The first-order valence-corrected chi connectivity index (χ1v) is 13.8. The minimum atomic E-state index is -4.51. The van der Waals surface area contributed by atoms with Gasteiger partial charge in [-0.1, -0.05) is 36.4 Å². The number of nitriles is 2. The van der Waals surface area contributed by atoms with Gasteiger partial charge in [0, 0.05) is 17.5 Å². The second kappa shape index (κ2) is 8.21. The highest BCUT2D eigenvalue weighted by molar-refractivity contribution is 5.93. The topological polar surface area (TPSA) is 67.9 Å². The molecule has 1 saturated heterocycles. The average Bonchev–Trinajstić information content (AvgIpc) is 3.22. The first-order chi connectivity index (χ1) is 18.7. The van der Waals surface area contributed by atoms with Gasteiger partial charge >= 0.3 is 6.18 Å². The van der Waals surface area contributed by atoms with Crippen LogP contribution in [0.3, 0.4) is 0 Å². The molecule has 4 nitrogen and oxygen atoms in total. The summed E-state index contributed by atoms with van der Waals surface area (Å²) >= 11 is 0. The molecule has 2 aliphatic heterocycles. The Balaban J connectivity index is 1.41. The van der Waals surface area contributed by atoms with Crippen LogP contribution in [0.15, 0.2) is 54.7 Å². The smallest absolute Gasteiger partial charge is 0.357 e. The molecule has 0 radical (unpaired) electrons. The third kappa shape index (κ3) is 3.38. The molecule has 2 aromatic carbocycles. The van der Waals surface area contributed by atoms with Gasteiger partial charge in [-0.2, -0.15) is 23.7 Å². The number of alkyl halides is 3. The number of nitrogens with zero attached hydrogens (tertiary/aromatic N) is 3. The van der Waals surface area contributed by atoms with E-state index in [1.165, 1.54) is 31.4 Å². The molecule has 0 spiro atoms. The van der Waals surface area contributed by atoms with E-state index in [0.717, 1.165) is 42.5 Å². The monoisotopic (exact) mass is 527 g/mol. The van der Waals surface area contributed by atoms with E-state index in [-0.39, 0.29) is 5.78 Å². The van der Waals surface area contributed by atoms with Gasteiger partial charge in [-0.25, -0.2) is 0 Å². The van der Waals surface area contributed by atoms with Crippen LogP contribution in [0.4, 0.5) is 13.2 Å². The number of benzene rings is 2. The van der Waals surface area contributed by atoms with Crippen LogP contribution in [0.2, 0.25) is 0 Å². The van der Waals surface area contributed by atoms with E-state index in [9.17, 15) is 28.5 Å². The summed E-state index contributed by atoms with van der Waals surface area (Å²) in [6.45, 7) is 0. The van der Waals surface area contributed by atoms with E-state index < -0.39 is 40.6 Å². The molecule has 8 rings (SSSR count). The maximum atomic E-state index is 14.9. The number of carbonyl (C=O) groups excluding carboxylic acids is 1. The van der Waals surface area contributed by atoms with Crippen LogP contribution in [0.25, 0.3) is 6.08 Å². The standard InChI is InChI=1S/C32H28F3N3O/c33-32(34,35)24-7-5-23(6-8-24)26-27(29(39)30-14-19-11-20(15-30)13-21(12-19)16-30)38-10-9-22-3-1-2-4-25(22)28(38)31(26,17-36)18-37/h1-10,19-21,26-28H,11-16H2. The lowest BCUT2D eigenvalue weighted by atomic mass is 9.47. The Morgan fingerprint density at radius 2 is 1.49 bits per heavy atom. The number of carbonyl (C=O) groups is 1. The molecule has 0 aromatic heterocycles. The lowest BCUT2D eigenvalue weighted by Gasteiger charge is -2.57. The zero-order chi connectivity index (χ0) is 27.2. The summed E-state index contributed by atoms with van der Waals surface area (Å²) in [5.74, 6) is 0.743. The van der Waals surface area contributed by atoms with E-state index in [2.05, 4.69) is 12.1 Å². The van der Waals surface area contributed by atoms with Gasteiger partial charge in [0.25, 0.3) is 0 Å². The predicted octanol–water partition coefficient (Wildman–Crippen LogP) is 7.02. The molecule has 4 bridgehead atoms. The van der Waals surface area contributed by atoms with Gasteiger partial charge in [0.05, 0.1) is 29.8 Å². The Kier molecular flexibility index (Phi) is 5.15. The summed E-state index contributed by atoms with van der Waals surface area (Å²) in [6, 6.07) is 15.4. The molecule has 0 amide bonds. The Morgan fingerprint density at radius 3 is 2.05 bits per heavy atom. The molecular formula is C32H28F3N3O. The van der Waals surface area contributed by atoms with Gasteiger partial charge in [-0.3, -0.25) is 4.79 Å². The van der Waals surface area contributed by atoms with Gasteiger partial charge in [-0.05, 0) is 91.2 Å². The van der Waals surface area contributed by atoms with Crippen molar-refractivity contribution in [1.82, 2.24) is 4.90 Å². The number of hydrogen-bond acceptors (Lipinski definition) is 4. The molecule has 7 heteroatoms. The number of Topliss-reactive ketones (excluding diaryl/α,β-unsaturated/α-hetero) is 1. The fourth-order valence-electron chi connectivity index (χ4n) is 9.27. The van der Waals surface area contributed by atoms with Crippen molar-refractivity contribution in [2.45, 2.75) is 62.7 Å². The highest BCUT2D eigenvalue weighted by Gasteiger charge is 2.67. The van der Waals surface area contributed by atoms with Gasteiger partial charge < -0.3 is 4.90 Å². The van der Waals surface area contributed by atoms with Crippen molar-refractivity contribution in [3.63, 3.8) is 0 Å². The summed E-state index contributed by atoms with van der Waals surface area (Å²) in [4.78, 5) is 16.8. The Bertz CT molecular complexity index is 1410. The molecule has 3 unspecified atom stereocenters. The number of hydrogen-bond donors (Lipinski definition) is 0. The zero-order valence-electron chi connectivity index (χ0n) is 21.4. The first-order valence-electron chi connectivity index (χ1n) is 13.8. The molecule has 5 fully saturated rings. The second-order valence-electron chi connectivity index (χ2n) is 12.5. The zero-order valence-corrected chi connectivity index (χ0v) is 21.4. The van der Waals surface area contributed by atoms with Gasteiger partial charge in [0.1, 0.15) is 0 Å². The lowest BCUT2D eigenvalue weighted by Crippen LogP contribution is -2.55. The van der Waals surface area contributed by atoms with Gasteiger partial charge in [0.15, 0.2) is 11.2 Å². The summed E-state index contributed by atoms with van der Waals surface area (Å²) in [5.41, 5.74) is -0.864. The van der Waals surface area contributed by atoms with Gasteiger partial charge in [-0.15, -0.1) is 0 Å². The number of rotatable bonds is 3. The van der Waals surface area contributed by atoms with E-state index in [4.69, 9.17) is 0 Å². The van der Waals surface area contributed by atoms with Crippen molar-refractivity contribution in [2.75, 3.05) is 0 Å².